The lowest BCUT2D eigenvalue weighted by molar-refractivity contribution is 0.648. The fourth-order valence-corrected chi connectivity index (χ4v) is 4.61. The first kappa shape index (κ1) is 17.2. The van der Waals surface area contributed by atoms with Gasteiger partial charge in [0.1, 0.15) is 0 Å². The van der Waals surface area contributed by atoms with Gasteiger partial charge in [0.25, 0.3) is 0 Å². The van der Waals surface area contributed by atoms with Crippen LogP contribution >= 0.6 is 0 Å². The number of aryl methyl sites for hydroxylation is 1. The van der Waals surface area contributed by atoms with Crippen molar-refractivity contribution in [1.29, 1.82) is 0 Å². The van der Waals surface area contributed by atoms with Crippen LogP contribution in [0, 0.1) is 12.8 Å². The highest BCUT2D eigenvalue weighted by atomic mass is 14.7. The molecule has 4 aromatic rings. The maximum Gasteiger partial charge on any atom is 0.0783 e. The fraction of sp³-hybridized carbons (Fsp3) is 0.222. The summed E-state index contributed by atoms with van der Waals surface area (Å²) in [5, 5.41) is 2.53. The summed E-state index contributed by atoms with van der Waals surface area (Å²) in [6.45, 7) is 6.75. The minimum absolute atomic E-state index is 0.648. The predicted molar refractivity (Wildman–Crippen MR) is 119 cm³/mol. The highest BCUT2D eigenvalue weighted by Gasteiger charge is 2.23. The Kier molecular flexibility index (Phi) is 4.05. The van der Waals surface area contributed by atoms with Gasteiger partial charge in [0.2, 0.25) is 0 Å². The van der Waals surface area contributed by atoms with Crippen LogP contribution in [0.4, 0.5) is 0 Å². The maximum absolute atomic E-state index is 4.88. The average Bonchev–Trinajstić information content (AvgIpc) is 3.05. The third-order valence-electron chi connectivity index (χ3n) is 5.80. The van der Waals surface area contributed by atoms with Crippen molar-refractivity contribution >= 4 is 10.8 Å². The van der Waals surface area contributed by atoms with Crippen LogP contribution in [0.15, 0.2) is 66.9 Å². The van der Waals surface area contributed by atoms with E-state index in [9.17, 15) is 0 Å². The van der Waals surface area contributed by atoms with Crippen LogP contribution in [0.25, 0.3) is 33.2 Å². The van der Waals surface area contributed by atoms with Crippen molar-refractivity contribution in [3.8, 4) is 22.4 Å². The molecule has 1 aromatic heterocycles. The van der Waals surface area contributed by atoms with Crippen molar-refractivity contribution in [1.82, 2.24) is 4.98 Å². The summed E-state index contributed by atoms with van der Waals surface area (Å²) in [6, 6.07) is 22.5. The molecule has 0 saturated heterocycles. The number of nitrogens with zero attached hydrogens (tertiary/aromatic N) is 1. The highest BCUT2D eigenvalue weighted by Crippen LogP contribution is 2.43. The van der Waals surface area contributed by atoms with Gasteiger partial charge in [0.15, 0.2) is 0 Å². The van der Waals surface area contributed by atoms with Gasteiger partial charge in [-0.3, -0.25) is 4.98 Å². The van der Waals surface area contributed by atoms with Gasteiger partial charge in [-0.25, -0.2) is 0 Å². The Labute approximate surface area is 167 Å². The van der Waals surface area contributed by atoms with Crippen LogP contribution in [0.1, 0.15) is 36.1 Å². The third-order valence-corrected chi connectivity index (χ3v) is 5.80. The predicted octanol–water partition coefficient (Wildman–Crippen LogP) is 6.98. The van der Waals surface area contributed by atoms with E-state index in [0.717, 1.165) is 18.5 Å². The number of benzene rings is 3. The maximum atomic E-state index is 4.88. The van der Waals surface area contributed by atoms with E-state index in [1.54, 1.807) is 0 Å². The zero-order valence-electron chi connectivity index (χ0n) is 16.8. The number of fused-ring (bicyclic) bond motifs is 4. The lowest BCUT2D eigenvalue weighted by Crippen LogP contribution is -1.96. The lowest BCUT2D eigenvalue weighted by atomic mass is 9.92. The normalized spacial score (nSPS) is 12.4. The monoisotopic (exact) mass is 363 g/mol. The number of hydrogen-bond donors (Lipinski definition) is 0. The molecule has 1 heteroatoms. The van der Waals surface area contributed by atoms with Crippen molar-refractivity contribution in [3.05, 3.63) is 89.1 Å². The Morgan fingerprint density at radius 3 is 2.57 bits per heavy atom. The quantitative estimate of drug-likeness (QED) is 0.337. The first-order valence-corrected chi connectivity index (χ1v) is 10.2. The van der Waals surface area contributed by atoms with Gasteiger partial charge in [-0.05, 0) is 82.6 Å². The Hall–Kier alpha value is -2.93. The molecule has 28 heavy (non-hydrogen) atoms. The molecule has 0 amide bonds. The summed E-state index contributed by atoms with van der Waals surface area (Å²) in [6.07, 6.45) is 4.04. The smallest absolute Gasteiger partial charge is 0.0783 e. The van der Waals surface area contributed by atoms with E-state index in [1.807, 2.05) is 6.20 Å². The number of pyridine rings is 1. The first-order chi connectivity index (χ1) is 13.6. The molecule has 5 rings (SSSR count). The minimum atomic E-state index is 0.648. The first-order valence-electron chi connectivity index (χ1n) is 10.2. The summed E-state index contributed by atoms with van der Waals surface area (Å²) in [4.78, 5) is 4.88. The van der Waals surface area contributed by atoms with Gasteiger partial charge >= 0.3 is 0 Å². The molecule has 0 unspecified atom stereocenters. The van der Waals surface area contributed by atoms with Gasteiger partial charge in [-0.2, -0.15) is 0 Å². The van der Waals surface area contributed by atoms with Gasteiger partial charge in [0.05, 0.1) is 5.69 Å². The zero-order valence-corrected chi connectivity index (χ0v) is 16.8. The molecule has 1 aliphatic carbocycles. The summed E-state index contributed by atoms with van der Waals surface area (Å²) in [7, 11) is 0. The number of rotatable bonds is 3. The molecule has 1 heterocycles. The SMILES string of the molecule is Cc1cc2c(c(-c3nccc4ccc(CC(C)C)cc34)c1)Cc1ccccc1-2. The van der Waals surface area contributed by atoms with Crippen molar-refractivity contribution in [2.24, 2.45) is 5.92 Å². The molecule has 0 saturated carbocycles. The second kappa shape index (κ2) is 6.60. The van der Waals surface area contributed by atoms with E-state index in [1.165, 1.54) is 49.7 Å². The third kappa shape index (κ3) is 2.82. The van der Waals surface area contributed by atoms with Crippen LogP contribution in [0.5, 0.6) is 0 Å². The Bertz CT molecular complexity index is 1200. The van der Waals surface area contributed by atoms with E-state index in [2.05, 4.69) is 81.4 Å². The standard InChI is InChI=1S/C27H25N/c1-17(2)12-19-8-9-20-10-11-28-27(23(20)15-19)26-14-18(3)13-24-22-7-5-4-6-21(22)16-25(24)26/h4-11,13-15,17H,12,16H2,1-3H3. The van der Waals surface area contributed by atoms with E-state index in [-0.39, 0.29) is 0 Å². The fourth-order valence-electron chi connectivity index (χ4n) is 4.61. The molecular weight excluding hydrogens is 338 g/mol. The van der Waals surface area contributed by atoms with Crippen molar-refractivity contribution in [2.75, 3.05) is 0 Å². The Morgan fingerprint density at radius 1 is 0.893 bits per heavy atom. The molecule has 0 aliphatic heterocycles. The van der Waals surface area contributed by atoms with Crippen LogP contribution in [0.2, 0.25) is 0 Å². The summed E-state index contributed by atoms with van der Waals surface area (Å²) < 4.78 is 0. The molecule has 0 bridgehead atoms. The van der Waals surface area contributed by atoms with Gasteiger partial charge in [0, 0.05) is 17.1 Å². The topological polar surface area (TPSA) is 12.9 Å². The molecule has 0 N–H and O–H groups in total. The largest absolute Gasteiger partial charge is 0.256 e. The van der Waals surface area contributed by atoms with Crippen LogP contribution < -0.4 is 0 Å². The number of hydrogen-bond acceptors (Lipinski definition) is 1. The van der Waals surface area contributed by atoms with Crippen molar-refractivity contribution < 1.29 is 0 Å². The summed E-state index contributed by atoms with van der Waals surface area (Å²) in [5.41, 5.74) is 10.7. The summed E-state index contributed by atoms with van der Waals surface area (Å²) >= 11 is 0. The van der Waals surface area contributed by atoms with Crippen LogP contribution in [0.3, 0.4) is 0 Å². The average molecular weight is 364 g/mol. The zero-order chi connectivity index (χ0) is 19.3. The lowest BCUT2D eigenvalue weighted by Gasteiger charge is -2.14. The molecule has 138 valence electrons. The molecule has 0 fully saturated rings. The Balaban J connectivity index is 1.75. The molecule has 0 spiro atoms. The van der Waals surface area contributed by atoms with Gasteiger partial charge in [-0.15, -0.1) is 0 Å². The molecule has 1 aliphatic rings. The van der Waals surface area contributed by atoms with E-state index >= 15 is 0 Å². The van der Waals surface area contributed by atoms with Gasteiger partial charge in [-0.1, -0.05) is 56.3 Å². The van der Waals surface area contributed by atoms with E-state index in [0.29, 0.717) is 5.92 Å². The second-order valence-corrected chi connectivity index (χ2v) is 8.49. The van der Waals surface area contributed by atoms with Crippen molar-refractivity contribution in [3.63, 3.8) is 0 Å². The highest BCUT2D eigenvalue weighted by molar-refractivity contribution is 5.97. The van der Waals surface area contributed by atoms with Crippen molar-refractivity contribution in [2.45, 2.75) is 33.6 Å². The molecule has 3 aromatic carbocycles. The molecule has 0 atom stereocenters. The van der Waals surface area contributed by atoms with Gasteiger partial charge < -0.3 is 0 Å². The second-order valence-electron chi connectivity index (χ2n) is 8.49. The van der Waals surface area contributed by atoms with E-state index in [4.69, 9.17) is 4.98 Å². The molecule has 1 nitrogen and oxygen atoms in total. The van der Waals surface area contributed by atoms with Crippen LogP contribution in [-0.2, 0) is 12.8 Å². The Morgan fingerprint density at radius 2 is 1.71 bits per heavy atom. The number of aromatic nitrogens is 1. The van der Waals surface area contributed by atoms with Crippen LogP contribution in [-0.4, -0.2) is 4.98 Å². The summed E-state index contributed by atoms with van der Waals surface area (Å²) in [5.74, 6) is 0.648. The molecular formula is C27H25N. The minimum Gasteiger partial charge on any atom is -0.256 e. The molecule has 0 radical (unpaired) electrons. The van der Waals surface area contributed by atoms with E-state index < -0.39 is 0 Å².